The lowest BCUT2D eigenvalue weighted by Gasteiger charge is -2.11. The second-order valence-electron chi connectivity index (χ2n) is 5.69. The fourth-order valence-electron chi connectivity index (χ4n) is 2.41. The van der Waals surface area contributed by atoms with E-state index >= 15 is 0 Å². The Morgan fingerprint density at radius 3 is 2.04 bits per heavy atom. The average Bonchev–Trinajstić information content (AvgIpc) is 2.63. The highest BCUT2D eigenvalue weighted by Gasteiger charge is 2.14. The van der Waals surface area contributed by atoms with E-state index in [1.54, 1.807) is 36.4 Å². The highest BCUT2D eigenvalue weighted by atomic mass is 16.2. The van der Waals surface area contributed by atoms with Crippen LogP contribution in [0.15, 0.2) is 78.9 Å². The average molecular weight is 330 g/mol. The number of rotatable bonds is 4. The molecule has 0 saturated heterocycles. The number of aryl methyl sites for hydroxylation is 1. The third kappa shape index (κ3) is 4.12. The topological polar surface area (TPSA) is 58.2 Å². The van der Waals surface area contributed by atoms with Crippen molar-refractivity contribution in [2.45, 2.75) is 6.92 Å². The van der Waals surface area contributed by atoms with Gasteiger partial charge in [-0.15, -0.1) is 0 Å². The van der Waals surface area contributed by atoms with Crippen molar-refractivity contribution >= 4 is 23.2 Å². The first-order valence-corrected chi connectivity index (χ1v) is 7.97. The summed E-state index contributed by atoms with van der Waals surface area (Å²) in [6, 6.07) is 23.4. The van der Waals surface area contributed by atoms with E-state index in [0.29, 0.717) is 22.5 Å². The molecule has 3 aromatic rings. The van der Waals surface area contributed by atoms with E-state index in [1.807, 2.05) is 49.4 Å². The number of para-hydroxylation sites is 2. The summed E-state index contributed by atoms with van der Waals surface area (Å²) in [4.78, 5) is 25.0. The Labute approximate surface area is 146 Å². The summed E-state index contributed by atoms with van der Waals surface area (Å²) in [6.45, 7) is 1.96. The Morgan fingerprint density at radius 2 is 1.32 bits per heavy atom. The molecule has 4 heteroatoms. The fraction of sp³-hybridized carbons (Fsp3) is 0.0476. The Kier molecular flexibility index (Phi) is 4.90. The van der Waals surface area contributed by atoms with Crippen LogP contribution in [0.5, 0.6) is 0 Å². The van der Waals surface area contributed by atoms with Crippen LogP contribution in [0.2, 0.25) is 0 Å². The molecule has 0 aliphatic rings. The van der Waals surface area contributed by atoms with Crippen LogP contribution in [0, 0.1) is 6.92 Å². The molecule has 0 unspecified atom stereocenters. The SMILES string of the molecule is Cc1ccc(C(=O)Nc2ccccc2C(=O)Nc2ccccc2)cc1. The van der Waals surface area contributed by atoms with Gasteiger partial charge in [0.15, 0.2) is 0 Å². The molecule has 0 atom stereocenters. The smallest absolute Gasteiger partial charge is 0.257 e. The number of benzene rings is 3. The summed E-state index contributed by atoms with van der Waals surface area (Å²) >= 11 is 0. The molecule has 0 aliphatic carbocycles. The summed E-state index contributed by atoms with van der Waals surface area (Å²) in [7, 11) is 0. The number of nitrogens with one attached hydrogen (secondary N) is 2. The van der Waals surface area contributed by atoms with E-state index in [0.717, 1.165) is 5.56 Å². The van der Waals surface area contributed by atoms with Crippen LogP contribution in [0.4, 0.5) is 11.4 Å². The largest absolute Gasteiger partial charge is 0.322 e. The van der Waals surface area contributed by atoms with Gasteiger partial charge in [-0.3, -0.25) is 9.59 Å². The normalized spacial score (nSPS) is 10.1. The van der Waals surface area contributed by atoms with Gasteiger partial charge in [0, 0.05) is 11.3 Å². The lowest BCUT2D eigenvalue weighted by atomic mass is 10.1. The Balaban J connectivity index is 1.79. The van der Waals surface area contributed by atoms with Gasteiger partial charge in [0.2, 0.25) is 0 Å². The number of amides is 2. The number of hydrogen-bond donors (Lipinski definition) is 2. The minimum absolute atomic E-state index is 0.250. The monoisotopic (exact) mass is 330 g/mol. The van der Waals surface area contributed by atoms with E-state index in [9.17, 15) is 9.59 Å². The van der Waals surface area contributed by atoms with Crippen molar-refractivity contribution < 1.29 is 9.59 Å². The molecule has 2 N–H and O–H groups in total. The van der Waals surface area contributed by atoms with Gasteiger partial charge in [-0.2, -0.15) is 0 Å². The zero-order chi connectivity index (χ0) is 17.6. The van der Waals surface area contributed by atoms with E-state index in [2.05, 4.69) is 10.6 Å². The molecule has 0 bridgehead atoms. The molecule has 25 heavy (non-hydrogen) atoms. The van der Waals surface area contributed by atoms with Crippen LogP contribution in [0.1, 0.15) is 26.3 Å². The number of anilines is 2. The highest BCUT2D eigenvalue weighted by Crippen LogP contribution is 2.18. The minimum atomic E-state index is -0.272. The maximum atomic E-state index is 12.5. The van der Waals surface area contributed by atoms with E-state index in [1.165, 1.54) is 0 Å². The Bertz CT molecular complexity index is 887. The van der Waals surface area contributed by atoms with Crippen LogP contribution in [-0.2, 0) is 0 Å². The van der Waals surface area contributed by atoms with Crippen LogP contribution >= 0.6 is 0 Å². The molecule has 3 aromatic carbocycles. The van der Waals surface area contributed by atoms with Gasteiger partial charge < -0.3 is 10.6 Å². The minimum Gasteiger partial charge on any atom is -0.322 e. The summed E-state index contributed by atoms with van der Waals surface area (Å²) in [5.74, 6) is -0.522. The van der Waals surface area contributed by atoms with Crippen LogP contribution in [-0.4, -0.2) is 11.8 Å². The molecule has 2 amide bonds. The Hall–Kier alpha value is -3.40. The second kappa shape index (κ2) is 7.45. The zero-order valence-corrected chi connectivity index (χ0v) is 13.8. The Morgan fingerprint density at radius 1 is 0.680 bits per heavy atom. The molecular formula is C21H18N2O2. The molecule has 4 nitrogen and oxygen atoms in total. The fourth-order valence-corrected chi connectivity index (χ4v) is 2.41. The van der Waals surface area contributed by atoms with Crippen molar-refractivity contribution in [2.24, 2.45) is 0 Å². The van der Waals surface area contributed by atoms with Gasteiger partial charge in [-0.05, 0) is 43.3 Å². The van der Waals surface area contributed by atoms with Gasteiger partial charge in [-0.25, -0.2) is 0 Å². The van der Waals surface area contributed by atoms with Crippen LogP contribution in [0.3, 0.4) is 0 Å². The predicted octanol–water partition coefficient (Wildman–Crippen LogP) is 4.50. The quantitative estimate of drug-likeness (QED) is 0.740. The molecule has 0 heterocycles. The van der Waals surface area contributed by atoms with Crippen LogP contribution < -0.4 is 10.6 Å². The lowest BCUT2D eigenvalue weighted by Crippen LogP contribution is -2.18. The zero-order valence-electron chi connectivity index (χ0n) is 13.8. The summed E-state index contributed by atoms with van der Waals surface area (Å²) in [5, 5.41) is 5.64. The first-order valence-electron chi connectivity index (χ1n) is 7.97. The molecule has 0 aromatic heterocycles. The maximum absolute atomic E-state index is 12.5. The molecular weight excluding hydrogens is 312 g/mol. The van der Waals surface area contributed by atoms with Crippen molar-refractivity contribution in [1.29, 1.82) is 0 Å². The molecule has 3 rings (SSSR count). The molecule has 0 fully saturated rings. The summed E-state index contributed by atoms with van der Waals surface area (Å²) in [5.41, 5.74) is 3.21. The van der Waals surface area contributed by atoms with Gasteiger partial charge in [-0.1, -0.05) is 48.0 Å². The van der Waals surface area contributed by atoms with Gasteiger partial charge >= 0.3 is 0 Å². The van der Waals surface area contributed by atoms with Crippen molar-refractivity contribution in [1.82, 2.24) is 0 Å². The third-order valence-electron chi connectivity index (χ3n) is 3.77. The standard InChI is InChI=1S/C21H18N2O2/c1-15-11-13-16(14-12-15)20(24)23-19-10-6-5-9-18(19)21(25)22-17-7-3-2-4-8-17/h2-14H,1H3,(H,22,25)(H,23,24). The molecule has 0 saturated carbocycles. The lowest BCUT2D eigenvalue weighted by molar-refractivity contribution is 0.102. The van der Waals surface area contributed by atoms with E-state index < -0.39 is 0 Å². The van der Waals surface area contributed by atoms with Crippen molar-refractivity contribution in [3.8, 4) is 0 Å². The first kappa shape index (κ1) is 16.5. The van der Waals surface area contributed by atoms with Gasteiger partial charge in [0.05, 0.1) is 11.3 Å². The summed E-state index contributed by atoms with van der Waals surface area (Å²) in [6.07, 6.45) is 0. The van der Waals surface area contributed by atoms with Crippen LogP contribution in [0.25, 0.3) is 0 Å². The molecule has 0 aliphatic heterocycles. The summed E-state index contributed by atoms with van der Waals surface area (Å²) < 4.78 is 0. The van der Waals surface area contributed by atoms with E-state index in [4.69, 9.17) is 0 Å². The van der Waals surface area contributed by atoms with Crippen molar-refractivity contribution in [3.05, 3.63) is 95.6 Å². The number of hydrogen-bond acceptors (Lipinski definition) is 2. The number of carbonyl (C=O) groups excluding carboxylic acids is 2. The van der Waals surface area contributed by atoms with Gasteiger partial charge in [0.1, 0.15) is 0 Å². The van der Waals surface area contributed by atoms with Crippen molar-refractivity contribution in [2.75, 3.05) is 10.6 Å². The first-order chi connectivity index (χ1) is 12.1. The third-order valence-corrected chi connectivity index (χ3v) is 3.77. The van der Waals surface area contributed by atoms with E-state index in [-0.39, 0.29) is 11.8 Å². The van der Waals surface area contributed by atoms with Crippen molar-refractivity contribution in [3.63, 3.8) is 0 Å². The molecule has 124 valence electrons. The number of carbonyl (C=O) groups is 2. The highest BCUT2D eigenvalue weighted by molar-refractivity contribution is 6.12. The van der Waals surface area contributed by atoms with Gasteiger partial charge in [0.25, 0.3) is 11.8 Å². The second-order valence-corrected chi connectivity index (χ2v) is 5.69. The predicted molar refractivity (Wildman–Crippen MR) is 100.0 cm³/mol. The maximum Gasteiger partial charge on any atom is 0.257 e. The molecule has 0 radical (unpaired) electrons. The molecule has 0 spiro atoms.